The first-order valence-electron chi connectivity index (χ1n) is 11.3. The van der Waals surface area contributed by atoms with Gasteiger partial charge in [0.1, 0.15) is 0 Å². The molecule has 0 fully saturated rings. The summed E-state index contributed by atoms with van der Waals surface area (Å²) < 4.78 is 1.06. The van der Waals surface area contributed by atoms with Crippen LogP contribution in [0.3, 0.4) is 0 Å². The molecule has 0 aliphatic carbocycles. The average molecular weight is 631 g/mol. The Labute approximate surface area is 249 Å². The number of carbonyl (C=O) groups excluding carboxylic acids is 2. The minimum absolute atomic E-state index is 0.0464. The third-order valence-corrected chi connectivity index (χ3v) is 16.0. The standard InChI is InChI=1S/C26H30O2S8/c1-5-23(27)31-13-21-17(3)33-25(35-21)15-29-11-19-8-7-9-20(10-19)12-30-16-26-34-18(4)22(36-26)14-32-24(28)6-2/h5-10,25-26H,1-2,11-16H2,3-4H3. The lowest BCUT2D eigenvalue weighted by Gasteiger charge is -2.11. The molecule has 2 nitrogen and oxygen atoms in total. The first-order valence-corrected chi connectivity index (χ1v) is 19.1. The number of allylic oxidation sites excluding steroid dienone is 2. The van der Waals surface area contributed by atoms with E-state index in [0.29, 0.717) is 9.16 Å². The van der Waals surface area contributed by atoms with E-state index < -0.39 is 0 Å². The third kappa shape index (κ3) is 10.5. The van der Waals surface area contributed by atoms with E-state index in [4.69, 9.17) is 0 Å². The topological polar surface area (TPSA) is 34.1 Å². The van der Waals surface area contributed by atoms with E-state index in [1.54, 1.807) is 0 Å². The van der Waals surface area contributed by atoms with Gasteiger partial charge >= 0.3 is 0 Å². The van der Waals surface area contributed by atoms with E-state index in [2.05, 4.69) is 51.3 Å². The molecule has 0 bridgehead atoms. The summed E-state index contributed by atoms with van der Waals surface area (Å²) in [7, 11) is 0. The van der Waals surface area contributed by atoms with E-state index in [1.807, 2.05) is 70.6 Å². The van der Waals surface area contributed by atoms with Crippen molar-refractivity contribution in [2.75, 3.05) is 23.0 Å². The van der Waals surface area contributed by atoms with E-state index in [0.717, 1.165) is 34.5 Å². The fourth-order valence-corrected chi connectivity index (χ4v) is 13.9. The molecule has 1 aromatic carbocycles. The van der Waals surface area contributed by atoms with Gasteiger partial charge in [-0.15, -0.1) is 47.0 Å². The predicted molar refractivity (Wildman–Crippen MR) is 177 cm³/mol. The van der Waals surface area contributed by atoms with Crippen LogP contribution in [0.1, 0.15) is 25.0 Å². The van der Waals surface area contributed by atoms with Crippen molar-refractivity contribution < 1.29 is 9.59 Å². The smallest absolute Gasteiger partial charge is 0.211 e. The van der Waals surface area contributed by atoms with E-state index in [1.165, 1.54) is 66.4 Å². The monoisotopic (exact) mass is 630 g/mol. The van der Waals surface area contributed by atoms with E-state index in [9.17, 15) is 9.59 Å². The van der Waals surface area contributed by atoms with Crippen LogP contribution in [0.2, 0.25) is 0 Å². The van der Waals surface area contributed by atoms with Crippen LogP contribution in [0.25, 0.3) is 0 Å². The zero-order valence-corrected chi connectivity index (χ0v) is 26.9. The highest BCUT2D eigenvalue weighted by Gasteiger charge is 2.25. The number of thioether (sulfide) groups is 8. The highest BCUT2D eigenvalue weighted by molar-refractivity contribution is 8.25. The van der Waals surface area contributed by atoms with Gasteiger partial charge in [-0.3, -0.25) is 9.59 Å². The lowest BCUT2D eigenvalue weighted by atomic mass is 10.2. The van der Waals surface area contributed by atoms with Crippen LogP contribution in [0.4, 0.5) is 0 Å². The van der Waals surface area contributed by atoms with Gasteiger partial charge in [-0.2, -0.15) is 23.5 Å². The molecule has 0 N–H and O–H groups in total. The van der Waals surface area contributed by atoms with Crippen molar-refractivity contribution in [2.45, 2.75) is 34.5 Å². The quantitative estimate of drug-likeness (QED) is 0.186. The number of rotatable bonds is 14. The fraction of sp³-hybridized carbons (Fsp3) is 0.385. The molecule has 0 spiro atoms. The van der Waals surface area contributed by atoms with Gasteiger partial charge in [-0.25, -0.2) is 0 Å². The van der Waals surface area contributed by atoms with E-state index in [-0.39, 0.29) is 10.2 Å². The summed E-state index contributed by atoms with van der Waals surface area (Å²) in [5.74, 6) is 5.76. The van der Waals surface area contributed by atoms with Gasteiger partial charge in [0.05, 0.1) is 9.16 Å². The van der Waals surface area contributed by atoms with Gasteiger partial charge in [0.15, 0.2) is 0 Å². The molecule has 0 aromatic heterocycles. The summed E-state index contributed by atoms with van der Waals surface area (Å²) in [4.78, 5) is 28.4. The molecule has 0 saturated heterocycles. The van der Waals surface area contributed by atoms with Gasteiger partial charge in [0.25, 0.3) is 0 Å². The highest BCUT2D eigenvalue weighted by atomic mass is 32.2. The number of carbonyl (C=O) groups is 2. The Bertz CT molecular complexity index is 955. The summed E-state index contributed by atoms with van der Waals surface area (Å²) >= 11 is 14.4. The Morgan fingerprint density at radius 2 is 1.22 bits per heavy atom. The number of benzene rings is 1. The third-order valence-electron chi connectivity index (χ3n) is 5.01. The van der Waals surface area contributed by atoms with Crippen molar-refractivity contribution in [1.82, 2.24) is 0 Å². The summed E-state index contributed by atoms with van der Waals surface area (Å²) in [6.45, 7) is 11.4. The molecular weight excluding hydrogens is 601 g/mol. The second-order valence-electron chi connectivity index (χ2n) is 7.76. The Morgan fingerprint density at radius 1 is 0.778 bits per heavy atom. The van der Waals surface area contributed by atoms with Crippen LogP contribution < -0.4 is 0 Å². The molecule has 194 valence electrons. The van der Waals surface area contributed by atoms with Crippen LogP contribution in [0.15, 0.2) is 69.2 Å². The average Bonchev–Trinajstić information content (AvgIpc) is 3.41. The Kier molecular flexibility index (Phi) is 14.1. The number of hydrogen-bond donors (Lipinski definition) is 0. The van der Waals surface area contributed by atoms with Crippen LogP contribution in [-0.2, 0) is 21.1 Å². The molecule has 2 atom stereocenters. The minimum atomic E-state index is 0.0464. The summed E-state index contributed by atoms with van der Waals surface area (Å²) in [6, 6.07) is 8.99. The molecule has 1 aromatic rings. The van der Waals surface area contributed by atoms with E-state index >= 15 is 0 Å². The van der Waals surface area contributed by atoms with Crippen LogP contribution in [-0.4, -0.2) is 42.4 Å². The summed E-state index contributed by atoms with van der Waals surface area (Å²) in [5.41, 5.74) is 2.77. The lowest BCUT2D eigenvalue weighted by molar-refractivity contribution is -0.107. The maximum absolute atomic E-state index is 11.5. The molecular formula is C26H30O2S8. The van der Waals surface area contributed by atoms with Crippen molar-refractivity contribution in [2.24, 2.45) is 0 Å². The zero-order valence-electron chi connectivity index (χ0n) is 20.4. The molecule has 2 aliphatic heterocycles. The molecule has 0 saturated carbocycles. The van der Waals surface area contributed by atoms with Gasteiger partial charge in [-0.05, 0) is 46.9 Å². The maximum Gasteiger partial charge on any atom is 0.211 e. The molecule has 0 amide bonds. The van der Waals surface area contributed by atoms with Crippen molar-refractivity contribution in [3.8, 4) is 0 Å². The second-order valence-corrected chi connectivity index (χ2v) is 17.8. The molecule has 10 heteroatoms. The molecule has 3 rings (SSSR count). The normalized spacial score (nSPS) is 19.7. The van der Waals surface area contributed by atoms with Gasteiger partial charge < -0.3 is 0 Å². The van der Waals surface area contributed by atoms with Crippen LogP contribution >= 0.6 is 94.1 Å². The molecule has 2 aliphatic rings. The van der Waals surface area contributed by atoms with Crippen molar-refractivity contribution in [3.05, 3.63) is 80.3 Å². The Balaban J connectivity index is 1.34. The molecule has 36 heavy (non-hydrogen) atoms. The van der Waals surface area contributed by atoms with Gasteiger partial charge in [0.2, 0.25) is 10.2 Å². The summed E-state index contributed by atoms with van der Waals surface area (Å²) in [6.07, 6.45) is 2.79. The maximum atomic E-state index is 11.5. The summed E-state index contributed by atoms with van der Waals surface area (Å²) in [5, 5.41) is 0.0928. The SMILES string of the molecule is C=CC(=O)SCC1=C(C)SC(CSCc2cccc(CSCC3SC(C)=C(CSC(=O)C=C)S3)c2)S1. The Morgan fingerprint density at radius 3 is 1.64 bits per heavy atom. The Hall–Kier alpha value is 0.320. The van der Waals surface area contributed by atoms with Crippen molar-refractivity contribution in [1.29, 1.82) is 0 Å². The largest absolute Gasteiger partial charge is 0.282 e. The van der Waals surface area contributed by atoms with Crippen LogP contribution in [0, 0.1) is 0 Å². The zero-order chi connectivity index (χ0) is 25.9. The second kappa shape index (κ2) is 16.4. The molecule has 2 unspecified atom stereocenters. The van der Waals surface area contributed by atoms with Crippen molar-refractivity contribution >= 4 is 104 Å². The minimum Gasteiger partial charge on any atom is -0.282 e. The van der Waals surface area contributed by atoms with Gasteiger partial charge in [-0.1, -0.05) is 60.9 Å². The molecule has 2 heterocycles. The van der Waals surface area contributed by atoms with Gasteiger partial charge in [0, 0.05) is 44.3 Å². The number of hydrogen-bond acceptors (Lipinski definition) is 10. The molecule has 0 radical (unpaired) electrons. The highest BCUT2D eigenvalue weighted by Crippen LogP contribution is 2.49. The van der Waals surface area contributed by atoms with Crippen LogP contribution in [0.5, 0.6) is 0 Å². The first kappa shape index (κ1) is 30.9. The lowest BCUT2D eigenvalue weighted by Crippen LogP contribution is -1.99. The predicted octanol–water partition coefficient (Wildman–Crippen LogP) is 9.12. The van der Waals surface area contributed by atoms with Crippen molar-refractivity contribution in [3.63, 3.8) is 0 Å². The fourth-order valence-electron chi connectivity index (χ4n) is 3.21. The first-order chi connectivity index (χ1) is 17.4.